The van der Waals surface area contributed by atoms with Gasteiger partial charge in [-0.1, -0.05) is 28.1 Å². The predicted molar refractivity (Wildman–Crippen MR) is 92.6 cm³/mol. The zero-order chi connectivity index (χ0) is 18.8. The van der Waals surface area contributed by atoms with Crippen LogP contribution in [-0.2, 0) is 10.0 Å². The molecule has 0 aromatic heterocycles. The number of sulfonamides is 1. The molecule has 0 aliphatic heterocycles. The Hall–Kier alpha value is -2.37. The van der Waals surface area contributed by atoms with E-state index in [-0.39, 0.29) is 0 Å². The molecule has 0 amide bonds. The highest BCUT2D eigenvalue weighted by atomic mass is 79.9. The Morgan fingerprint density at radius 2 is 1.76 bits per heavy atom. The first kappa shape index (κ1) is 19.0. The summed E-state index contributed by atoms with van der Waals surface area (Å²) < 4.78 is 28.1. The number of benzene rings is 2. The van der Waals surface area contributed by atoms with Crippen LogP contribution in [0.4, 0.5) is 11.4 Å². The quantitative estimate of drug-likeness (QED) is 0.552. The van der Waals surface area contributed by atoms with Crippen molar-refractivity contribution in [3.05, 3.63) is 72.7 Å². The van der Waals surface area contributed by atoms with Crippen LogP contribution in [-0.4, -0.2) is 18.3 Å². The molecule has 0 aliphatic rings. The molecule has 0 bridgehead atoms. The van der Waals surface area contributed by atoms with Crippen LogP contribution in [0, 0.1) is 20.2 Å². The minimum absolute atomic E-state index is 0.564. The highest BCUT2D eigenvalue weighted by Gasteiger charge is 2.29. The van der Waals surface area contributed by atoms with E-state index in [1.165, 1.54) is 0 Å². The van der Waals surface area contributed by atoms with Gasteiger partial charge in [0.05, 0.1) is 15.9 Å². The smallest absolute Gasteiger partial charge is 0.258 e. The van der Waals surface area contributed by atoms with E-state index in [4.69, 9.17) is 0 Å². The third-order valence-electron chi connectivity index (χ3n) is 3.32. The lowest BCUT2D eigenvalue weighted by molar-refractivity contribution is -0.396. The molecule has 0 unspecified atom stereocenters. The van der Waals surface area contributed by atoms with Gasteiger partial charge in [0.25, 0.3) is 11.4 Å². The predicted octanol–water partition coefficient (Wildman–Crippen LogP) is 3.31. The average Bonchev–Trinajstić information content (AvgIpc) is 2.53. The zero-order valence-corrected chi connectivity index (χ0v) is 15.2. The Morgan fingerprint density at radius 1 is 1.08 bits per heavy atom. The lowest BCUT2D eigenvalue weighted by Gasteiger charge is -2.15. The Morgan fingerprint density at radius 3 is 2.32 bits per heavy atom. The van der Waals surface area contributed by atoms with Crippen molar-refractivity contribution < 1.29 is 18.3 Å². The maximum absolute atomic E-state index is 12.5. The van der Waals surface area contributed by atoms with Crippen LogP contribution in [0.1, 0.15) is 18.5 Å². The molecular weight excluding hydrogens is 418 g/mol. The van der Waals surface area contributed by atoms with E-state index in [1.807, 2.05) is 0 Å². The van der Waals surface area contributed by atoms with Crippen molar-refractivity contribution in [3.63, 3.8) is 0 Å². The van der Waals surface area contributed by atoms with Gasteiger partial charge in [0.15, 0.2) is 4.90 Å². The fourth-order valence-corrected chi connectivity index (χ4v) is 3.93. The molecule has 2 aromatic rings. The minimum Gasteiger partial charge on any atom is -0.258 e. The van der Waals surface area contributed by atoms with E-state index in [0.717, 1.165) is 16.6 Å². The first-order valence-electron chi connectivity index (χ1n) is 6.82. The van der Waals surface area contributed by atoms with Crippen LogP contribution in [0.15, 0.2) is 51.8 Å². The van der Waals surface area contributed by atoms with Gasteiger partial charge in [-0.2, -0.15) is 0 Å². The molecule has 0 spiro atoms. The average molecular weight is 430 g/mol. The number of hydrogen-bond donors (Lipinski definition) is 1. The SMILES string of the molecule is C[C@H](NS(=O)(=O)c1ccc([N+](=O)[O-])cc1[N+](=O)[O-])c1cccc(Br)c1. The number of nitrogens with one attached hydrogen (secondary N) is 1. The summed E-state index contributed by atoms with van der Waals surface area (Å²) in [6.45, 7) is 1.58. The third kappa shape index (κ3) is 4.38. The lowest BCUT2D eigenvalue weighted by atomic mass is 10.1. The molecule has 9 nitrogen and oxygen atoms in total. The zero-order valence-electron chi connectivity index (χ0n) is 12.7. The summed E-state index contributed by atoms with van der Waals surface area (Å²) in [7, 11) is -4.27. The third-order valence-corrected chi connectivity index (χ3v) is 5.40. The largest absolute Gasteiger partial charge is 0.296 e. The van der Waals surface area contributed by atoms with Gasteiger partial charge < -0.3 is 0 Å². The van der Waals surface area contributed by atoms with Gasteiger partial charge in [0.1, 0.15) is 0 Å². The van der Waals surface area contributed by atoms with Crippen LogP contribution in [0.25, 0.3) is 0 Å². The fraction of sp³-hybridized carbons (Fsp3) is 0.143. The summed E-state index contributed by atoms with van der Waals surface area (Å²) in [6, 6.07) is 8.61. The Bertz CT molecular complexity index is 947. The Kier molecular flexibility index (Phi) is 5.50. The maximum Gasteiger partial charge on any atom is 0.296 e. The van der Waals surface area contributed by atoms with Gasteiger partial charge in [-0.15, -0.1) is 0 Å². The van der Waals surface area contributed by atoms with Gasteiger partial charge >= 0.3 is 0 Å². The van der Waals surface area contributed by atoms with Gasteiger partial charge in [0.2, 0.25) is 10.0 Å². The molecule has 132 valence electrons. The summed E-state index contributed by atoms with van der Waals surface area (Å²) in [5.74, 6) is 0. The topological polar surface area (TPSA) is 132 Å². The lowest BCUT2D eigenvalue weighted by Crippen LogP contribution is -2.27. The molecule has 25 heavy (non-hydrogen) atoms. The van der Waals surface area contributed by atoms with Crippen molar-refractivity contribution in [2.75, 3.05) is 0 Å². The number of nitro benzene ring substituents is 2. The van der Waals surface area contributed by atoms with Crippen molar-refractivity contribution in [1.82, 2.24) is 4.72 Å². The van der Waals surface area contributed by atoms with Gasteiger partial charge in [-0.05, 0) is 30.7 Å². The normalized spacial score (nSPS) is 12.6. The van der Waals surface area contributed by atoms with Gasteiger partial charge in [-0.3, -0.25) is 20.2 Å². The van der Waals surface area contributed by atoms with Crippen molar-refractivity contribution in [3.8, 4) is 0 Å². The number of nitrogens with zero attached hydrogens (tertiary/aromatic N) is 2. The number of rotatable bonds is 6. The molecule has 0 fully saturated rings. The first-order chi connectivity index (χ1) is 11.6. The van der Waals surface area contributed by atoms with Crippen LogP contribution >= 0.6 is 15.9 Å². The minimum atomic E-state index is -4.27. The monoisotopic (exact) mass is 429 g/mol. The molecule has 1 atom stereocenters. The van der Waals surface area contributed by atoms with Crippen LogP contribution < -0.4 is 4.72 Å². The van der Waals surface area contributed by atoms with E-state index >= 15 is 0 Å². The summed E-state index contributed by atoms with van der Waals surface area (Å²) in [5.41, 5.74) is -0.781. The fourth-order valence-electron chi connectivity index (χ4n) is 2.13. The van der Waals surface area contributed by atoms with Crippen LogP contribution in [0.2, 0.25) is 0 Å². The van der Waals surface area contributed by atoms with E-state index in [1.54, 1.807) is 31.2 Å². The Balaban J connectivity index is 2.42. The molecule has 2 rings (SSSR count). The molecule has 2 aromatic carbocycles. The van der Waals surface area contributed by atoms with Crippen molar-refractivity contribution in [2.45, 2.75) is 17.9 Å². The van der Waals surface area contributed by atoms with Crippen LogP contribution in [0.5, 0.6) is 0 Å². The number of hydrogen-bond acceptors (Lipinski definition) is 6. The number of non-ortho nitro benzene ring substituents is 1. The second kappa shape index (κ2) is 7.25. The van der Waals surface area contributed by atoms with E-state index in [0.29, 0.717) is 11.6 Å². The maximum atomic E-state index is 12.5. The van der Waals surface area contributed by atoms with E-state index < -0.39 is 42.2 Å². The summed E-state index contributed by atoms with van der Waals surface area (Å²) in [6.07, 6.45) is 0. The summed E-state index contributed by atoms with van der Waals surface area (Å²) in [5, 5.41) is 21.9. The molecule has 0 aliphatic carbocycles. The molecule has 1 N–H and O–H groups in total. The van der Waals surface area contributed by atoms with Crippen molar-refractivity contribution in [2.24, 2.45) is 0 Å². The van der Waals surface area contributed by atoms with E-state index in [2.05, 4.69) is 20.7 Å². The van der Waals surface area contributed by atoms with Gasteiger partial charge in [-0.25, -0.2) is 13.1 Å². The van der Waals surface area contributed by atoms with Gasteiger partial charge in [0, 0.05) is 16.6 Å². The number of nitro groups is 2. The molecular formula is C14H12BrN3O6S. The molecule has 11 heteroatoms. The highest BCUT2D eigenvalue weighted by Crippen LogP contribution is 2.29. The molecule has 0 saturated heterocycles. The Labute approximate surface area is 151 Å². The second-order valence-electron chi connectivity index (χ2n) is 5.06. The first-order valence-corrected chi connectivity index (χ1v) is 9.10. The van der Waals surface area contributed by atoms with Crippen molar-refractivity contribution in [1.29, 1.82) is 0 Å². The highest BCUT2D eigenvalue weighted by molar-refractivity contribution is 9.10. The second-order valence-corrected chi connectivity index (χ2v) is 7.66. The van der Waals surface area contributed by atoms with Crippen LogP contribution in [0.3, 0.4) is 0 Å². The number of halogens is 1. The molecule has 0 saturated carbocycles. The summed E-state index contributed by atoms with van der Waals surface area (Å²) >= 11 is 3.28. The molecule has 0 radical (unpaired) electrons. The molecule has 0 heterocycles. The standard InChI is InChI=1S/C14H12BrN3O6S/c1-9(10-3-2-4-11(15)7-10)16-25(23,24)14-6-5-12(17(19)20)8-13(14)18(21)22/h2-9,16H,1H3/t9-/m0/s1. The van der Waals surface area contributed by atoms with E-state index in [9.17, 15) is 28.6 Å². The summed E-state index contributed by atoms with van der Waals surface area (Å²) in [4.78, 5) is 19.4. The van der Waals surface area contributed by atoms with Crippen molar-refractivity contribution >= 4 is 37.3 Å².